The van der Waals surface area contributed by atoms with Gasteiger partial charge in [0, 0.05) is 12.1 Å². The van der Waals surface area contributed by atoms with E-state index in [4.69, 9.17) is 4.74 Å². The molecule has 0 fully saturated rings. The van der Waals surface area contributed by atoms with Crippen LogP contribution in [0.25, 0.3) is 0 Å². The highest BCUT2D eigenvalue weighted by molar-refractivity contribution is 4.82. The minimum atomic E-state index is -0.222. The Morgan fingerprint density at radius 1 is 1.17 bits per heavy atom. The Morgan fingerprint density at radius 2 is 1.78 bits per heavy atom. The van der Waals surface area contributed by atoms with Crippen LogP contribution in [0.4, 0.5) is 0 Å². The number of rotatable bonds is 12. The fourth-order valence-electron chi connectivity index (χ4n) is 2.11. The summed E-state index contributed by atoms with van der Waals surface area (Å²) in [6, 6.07) is 0. The van der Waals surface area contributed by atoms with E-state index in [2.05, 4.69) is 19.2 Å². The van der Waals surface area contributed by atoms with Gasteiger partial charge < -0.3 is 15.2 Å². The highest BCUT2D eigenvalue weighted by Gasteiger charge is 2.23. The van der Waals surface area contributed by atoms with Gasteiger partial charge in [0.05, 0.1) is 12.7 Å². The van der Waals surface area contributed by atoms with Crippen molar-refractivity contribution >= 4 is 0 Å². The summed E-state index contributed by atoms with van der Waals surface area (Å²) in [7, 11) is 1.89. The van der Waals surface area contributed by atoms with Gasteiger partial charge in [-0.1, -0.05) is 39.0 Å². The minimum Gasteiger partial charge on any atom is -0.394 e. The zero-order chi connectivity index (χ0) is 13.9. The third-order valence-electron chi connectivity index (χ3n) is 3.59. The first-order chi connectivity index (χ1) is 8.58. The Balaban J connectivity index is 3.50. The number of aliphatic hydroxyl groups is 1. The van der Waals surface area contributed by atoms with Crippen LogP contribution in [0.5, 0.6) is 0 Å². The van der Waals surface area contributed by atoms with Crippen LogP contribution in [-0.2, 0) is 4.74 Å². The minimum absolute atomic E-state index is 0.147. The molecule has 0 heterocycles. The maximum absolute atomic E-state index is 9.31. The number of unbranched alkanes of at least 4 members (excludes halogenated alkanes) is 5. The second-order valence-electron chi connectivity index (χ2n) is 5.62. The average Bonchev–Trinajstić information content (AvgIpc) is 2.37. The van der Waals surface area contributed by atoms with Crippen LogP contribution >= 0.6 is 0 Å². The van der Waals surface area contributed by atoms with Crippen LogP contribution in [0, 0.1) is 0 Å². The first-order valence-corrected chi connectivity index (χ1v) is 7.49. The van der Waals surface area contributed by atoms with Crippen molar-refractivity contribution in [2.75, 3.05) is 20.3 Å². The van der Waals surface area contributed by atoms with Crippen molar-refractivity contribution in [2.45, 2.75) is 77.4 Å². The SMILES string of the molecule is CCCCCCCCOC(C)CC(C)(CO)NC. The fraction of sp³-hybridized carbons (Fsp3) is 1.00. The first kappa shape index (κ1) is 17.9. The molecule has 0 aliphatic heterocycles. The largest absolute Gasteiger partial charge is 0.394 e. The van der Waals surface area contributed by atoms with Crippen LogP contribution in [0.1, 0.15) is 65.7 Å². The average molecular weight is 259 g/mol. The number of aliphatic hydroxyl groups excluding tert-OH is 1. The zero-order valence-electron chi connectivity index (χ0n) is 12.8. The molecule has 0 saturated carbocycles. The summed E-state index contributed by atoms with van der Waals surface area (Å²) in [5.41, 5.74) is -0.222. The van der Waals surface area contributed by atoms with Crippen LogP contribution in [0.3, 0.4) is 0 Å². The standard InChI is InChI=1S/C15H33NO2/c1-5-6-7-8-9-10-11-18-14(2)12-15(3,13-17)16-4/h14,16-17H,5-13H2,1-4H3. The van der Waals surface area contributed by atoms with E-state index < -0.39 is 0 Å². The van der Waals surface area contributed by atoms with Crippen molar-refractivity contribution in [2.24, 2.45) is 0 Å². The van der Waals surface area contributed by atoms with E-state index in [1.54, 1.807) is 0 Å². The van der Waals surface area contributed by atoms with Gasteiger partial charge in [-0.3, -0.25) is 0 Å². The van der Waals surface area contributed by atoms with E-state index in [9.17, 15) is 5.11 Å². The molecule has 110 valence electrons. The number of ether oxygens (including phenoxy) is 1. The Hall–Kier alpha value is -0.120. The summed E-state index contributed by atoms with van der Waals surface area (Å²) in [5, 5.41) is 12.5. The van der Waals surface area contributed by atoms with Gasteiger partial charge in [-0.05, 0) is 33.7 Å². The monoisotopic (exact) mass is 259 g/mol. The van der Waals surface area contributed by atoms with Gasteiger partial charge in [0.15, 0.2) is 0 Å². The Labute approximate surface area is 113 Å². The van der Waals surface area contributed by atoms with Crippen LogP contribution in [0.15, 0.2) is 0 Å². The summed E-state index contributed by atoms with van der Waals surface area (Å²) in [6.07, 6.45) is 8.82. The van der Waals surface area contributed by atoms with Crippen LogP contribution < -0.4 is 5.32 Å². The lowest BCUT2D eigenvalue weighted by Crippen LogP contribution is -2.46. The second kappa shape index (κ2) is 10.8. The summed E-state index contributed by atoms with van der Waals surface area (Å²) < 4.78 is 5.80. The van der Waals surface area contributed by atoms with Crippen LogP contribution in [0.2, 0.25) is 0 Å². The molecule has 2 atom stereocenters. The third kappa shape index (κ3) is 8.90. The molecule has 0 aromatic rings. The molecule has 3 nitrogen and oxygen atoms in total. The summed E-state index contributed by atoms with van der Waals surface area (Å²) in [4.78, 5) is 0. The Kier molecular flexibility index (Phi) is 10.7. The summed E-state index contributed by atoms with van der Waals surface area (Å²) >= 11 is 0. The van der Waals surface area contributed by atoms with Crippen molar-refractivity contribution < 1.29 is 9.84 Å². The number of nitrogens with one attached hydrogen (secondary N) is 1. The maximum atomic E-state index is 9.31. The van der Waals surface area contributed by atoms with Crippen LogP contribution in [-0.4, -0.2) is 37.0 Å². The smallest absolute Gasteiger partial charge is 0.0611 e. The van der Waals surface area contributed by atoms with Gasteiger partial charge in [-0.2, -0.15) is 0 Å². The zero-order valence-corrected chi connectivity index (χ0v) is 12.8. The van der Waals surface area contributed by atoms with Crippen molar-refractivity contribution in [3.63, 3.8) is 0 Å². The third-order valence-corrected chi connectivity index (χ3v) is 3.59. The Bertz CT molecular complexity index is 181. The van der Waals surface area contributed by atoms with E-state index in [0.717, 1.165) is 19.4 Å². The normalized spacial score (nSPS) is 16.5. The summed E-state index contributed by atoms with van der Waals surface area (Å²) in [6.45, 7) is 7.34. The molecule has 0 aliphatic rings. The lowest BCUT2D eigenvalue weighted by molar-refractivity contribution is 0.0280. The number of hydrogen-bond acceptors (Lipinski definition) is 3. The predicted octanol–water partition coefficient (Wildman–Crippen LogP) is 3.11. The lowest BCUT2D eigenvalue weighted by atomic mass is 9.96. The van der Waals surface area contributed by atoms with Crippen molar-refractivity contribution in [3.8, 4) is 0 Å². The second-order valence-corrected chi connectivity index (χ2v) is 5.62. The molecule has 0 bridgehead atoms. The number of hydrogen-bond donors (Lipinski definition) is 2. The molecular formula is C15H33NO2. The topological polar surface area (TPSA) is 41.5 Å². The molecule has 0 aromatic carbocycles. The highest BCUT2D eigenvalue weighted by atomic mass is 16.5. The number of likely N-dealkylation sites (N-methyl/N-ethyl adjacent to an activating group) is 1. The molecule has 0 radical (unpaired) electrons. The van der Waals surface area contributed by atoms with Gasteiger partial charge in [-0.25, -0.2) is 0 Å². The highest BCUT2D eigenvalue weighted by Crippen LogP contribution is 2.14. The molecule has 0 spiro atoms. The van der Waals surface area contributed by atoms with Gasteiger partial charge in [0.1, 0.15) is 0 Å². The van der Waals surface area contributed by atoms with E-state index in [1.807, 2.05) is 14.0 Å². The van der Waals surface area contributed by atoms with Gasteiger partial charge >= 0.3 is 0 Å². The van der Waals surface area contributed by atoms with E-state index in [0.29, 0.717) is 0 Å². The fourth-order valence-corrected chi connectivity index (χ4v) is 2.11. The quantitative estimate of drug-likeness (QED) is 0.529. The van der Waals surface area contributed by atoms with Gasteiger partial charge in [-0.15, -0.1) is 0 Å². The molecule has 18 heavy (non-hydrogen) atoms. The predicted molar refractivity (Wildman–Crippen MR) is 78.0 cm³/mol. The summed E-state index contributed by atoms with van der Waals surface area (Å²) in [5.74, 6) is 0. The van der Waals surface area contributed by atoms with Crippen molar-refractivity contribution in [3.05, 3.63) is 0 Å². The van der Waals surface area contributed by atoms with Gasteiger partial charge in [0.25, 0.3) is 0 Å². The van der Waals surface area contributed by atoms with Crippen molar-refractivity contribution in [1.29, 1.82) is 0 Å². The maximum Gasteiger partial charge on any atom is 0.0611 e. The molecule has 0 aromatic heterocycles. The van der Waals surface area contributed by atoms with Crippen molar-refractivity contribution in [1.82, 2.24) is 5.32 Å². The first-order valence-electron chi connectivity index (χ1n) is 7.49. The molecule has 3 heteroatoms. The molecule has 0 aliphatic carbocycles. The van der Waals surface area contributed by atoms with E-state index in [1.165, 1.54) is 32.1 Å². The molecule has 0 amide bonds. The molecule has 2 unspecified atom stereocenters. The molecular weight excluding hydrogens is 226 g/mol. The Morgan fingerprint density at radius 3 is 2.33 bits per heavy atom. The molecule has 2 N–H and O–H groups in total. The molecule has 0 rings (SSSR count). The van der Waals surface area contributed by atoms with E-state index in [-0.39, 0.29) is 18.2 Å². The van der Waals surface area contributed by atoms with Gasteiger partial charge in [0.2, 0.25) is 0 Å². The lowest BCUT2D eigenvalue weighted by Gasteiger charge is -2.29. The molecule has 0 saturated heterocycles. The van der Waals surface area contributed by atoms with E-state index >= 15 is 0 Å².